The number of fused-ring (bicyclic) bond motifs is 1. The van der Waals surface area contributed by atoms with Gasteiger partial charge in [-0.15, -0.1) is 0 Å². The summed E-state index contributed by atoms with van der Waals surface area (Å²) in [5.41, 5.74) is 8.16. The number of rotatable bonds is 2. The van der Waals surface area contributed by atoms with Crippen molar-refractivity contribution < 1.29 is 9.53 Å². The Morgan fingerprint density at radius 1 is 1.24 bits per heavy atom. The van der Waals surface area contributed by atoms with Gasteiger partial charge in [-0.3, -0.25) is 4.90 Å². The lowest BCUT2D eigenvalue weighted by molar-refractivity contribution is 0.250. The molecule has 0 bridgehead atoms. The molecule has 0 fully saturated rings. The van der Waals surface area contributed by atoms with Crippen molar-refractivity contribution in [3.8, 4) is 5.75 Å². The van der Waals surface area contributed by atoms with Gasteiger partial charge in [0.25, 0.3) is 0 Å². The van der Waals surface area contributed by atoms with Crippen molar-refractivity contribution in [1.82, 2.24) is 0 Å². The molecule has 1 heterocycles. The smallest absolute Gasteiger partial charge is 0.326 e. The Labute approximate surface area is 123 Å². The summed E-state index contributed by atoms with van der Waals surface area (Å²) in [6.45, 7) is 1.45. The number of urea groups is 1. The molecule has 2 amide bonds. The van der Waals surface area contributed by atoms with Crippen molar-refractivity contribution >= 4 is 17.4 Å². The zero-order valence-electron chi connectivity index (χ0n) is 11.6. The monoisotopic (exact) mass is 283 g/mol. The minimum atomic E-state index is -0.161. The van der Waals surface area contributed by atoms with E-state index in [1.54, 1.807) is 4.90 Å². The van der Waals surface area contributed by atoms with Gasteiger partial charge in [0.1, 0.15) is 12.4 Å². The molecule has 1 aliphatic heterocycles. The number of nitrogens with two attached hydrogens (primary N) is 1. The largest absolute Gasteiger partial charge is 0.490 e. The van der Waals surface area contributed by atoms with E-state index >= 15 is 0 Å². The summed E-state index contributed by atoms with van der Waals surface area (Å²) in [4.78, 5) is 14.1. The molecule has 0 saturated heterocycles. The Bertz CT molecular complexity index is 643. The van der Waals surface area contributed by atoms with Gasteiger partial charge in [0.05, 0.1) is 12.2 Å². The Hall–Kier alpha value is -2.53. The van der Waals surface area contributed by atoms with Gasteiger partial charge in [-0.1, -0.05) is 24.3 Å². The Balaban J connectivity index is 1.83. The van der Waals surface area contributed by atoms with Crippen LogP contribution in [-0.4, -0.2) is 19.2 Å². The van der Waals surface area contributed by atoms with Crippen LogP contribution in [0.2, 0.25) is 0 Å². The minimum Gasteiger partial charge on any atom is -0.490 e. The highest BCUT2D eigenvalue weighted by molar-refractivity contribution is 6.02. The molecule has 5 heteroatoms. The summed E-state index contributed by atoms with van der Waals surface area (Å²) in [7, 11) is 0. The number of amides is 2. The maximum absolute atomic E-state index is 12.4. The van der Waals surface area contributed by atoms with Gasteiger partial charge in [-0.05, 0) is 29.8 Å². The zero-order valence-corrected chi connectivity index (χ0v) is 11.6. The van der Waals surface area contributed by atoms with E-state index in [2.05, 4.69) is 5.32 Å². The first-order valence-corrected chi connectivity index (χ1v) is 6.87. The lowest BCUT2D eigenvalue weighted by Gasteiger charge is -2.30. The quantitative estimate of drug-likeness (QED) is 0.890. The van der Waals surface area contributed by atoms with E-state index in [0.717, 1.165) is 16.9 Å². The van der Waals surface area contributed by atoms with Crippen LogP contribution < -0.4 is 20.7 Å². The Morgan fingerprint density at radius 3 is 2.81 bits per heavy atom. The van der Waals surface area contributed by atoms with Crippen molar-refractivity contribution in [3.63, 3.8) is 0 Å². The van der Waals surface area contributed by atoms with Crippen molar-refractivity contribution in [3.05, 3.63) is 54.1 Å². The van der Waals surface area contributed by atoms with Crippen LogP contribution >= 0.6 is 0 Å². The topological polar surface area (TPSA) is 67.6 Å². The van der Waals surface area contributed by atoms with Crippen LogP contribution in [0.1, 0.15) is 5.56 Å². The number of nitrogens with one attached hydrogen (secondary N) is 1. The van der Waals surface area contributed by atoms with E-state index in [0.29, 0.717) is 25.4 Å². The Kier molecular flexibility index (Phi) is 3.75. The van der Waals surface area contributed by atoms with Crippen LogP contribution in [-0.2, 0) is 6.54 Å². The molecule has 2 aromatic rings. The van der Waals surface area contributed by atoms with E-state index in [-0.39, 0.29) is 6.03 Å². The van der Waals surface area contributed by atoms with Gasteiger partial charge in [-0.25, -0.2) is 4.79 Å². The average Bonchev–Trinajstić information content (AvgIpc) is 2.54. The average molecular weight is 283 g/mol. The minimum absolute atomic E-state index is 0.161. The summed E-state index contributed by atoms with van der Waals surface area (Å²) >= 11 is 0. The van der Waals surface area contributed by atoms with Crippen molar-refractivity contribution in [1.29, 1.82) is 0 Å². The summed E-state index contributed by atoms with van der Waals surface area (Å²) in [6, 6.07) is 14.9. The molecule has 21 heavy (non-hydrogen) atoms. The number of carbonyl (C=O) groups is 1. The molecule has 108 valence electrons. The molecule has 0 spiro atoms. The van der Waals surface area contributed by atoms with Crippen LogP contribution in [0.15, 0.2) is 48.5 Å². The third-order valence-electron chi connectivity index (χ3n) is 3.39. The molecule has 0 unspecified atom stereocenters. The predicted molar refractivity (Wildman–Crippen MR) is 82.6 cm³/mol. The maximum Gasteiger partial charge on any atom is 0.326 e. The number of para-hydroxylation sites is 1. The van der Waals surface area contributed by atoms with E-state index in [9.17, 15) is 4.79 Å². The number of ether oxygens (including phenoxy) is 1. The van der Waals surface area contributed by atoms with Gasteiger partial charge in [0, 0.05) is 12.2 Å². The number of hydrogen-bond donors (Lipinski definition) is 2. The van der Waals surface area contributed by atoms with Gasteiger partial charge < -0.3 is 15.8 Å². The van der Waals surface area contributed by atoms with Crippen molar-refractivity contribution in [2.24, 2.45) is 5.73 Å². The fraction of sp³-hybridized carbons (Fsp3) is 0.188. The predicted octanol–water partition coefficient (Wildman–Crippen LogP) is 2.58. The molecule has 2 aromatic carbocycles. The normalized spacial score (nSPS) is 13.3. The molecule has 5 nitrogen and oxygen atoms in total. The molecular formula is C16H17N3O2. The van der Waals surface area contributed by atoms with Gasteiger partial charge in [0.15, 0.2) is 0 Å². The van der Waals surface area contributed by atoms with Gasteiger partial charge in [-0.2, -0.15) is 0 Å². The second kappa shape index (κ2) is 5.85. The van der Waals surface area contributed by atoms with Gasteiger partial charge in [0.2, 0.25) is 0 Å². The van der Waals surface area contributed by atoms with E-state index < -0.39 is 0 Å². The molecule has 0 aliphatic carbocycles. The maximum atomic E-state index is 12.4. The molecule has 0 atom stereocenters. The number of benzene rings is 2. The lowest BCUT2D eigenvalue weighted by atomic mass is 10.1. The standard InChI is InChI=1S/C16H17N3O2/c17-11-12-6-7-14-15(10-12)21-9-8-19(14)16(20)18-13-4-2-1-3-5-13/h1-7,10H,8-9,11,17H2,(H,18,20). The summed E-state index contributed by atoms with van der Waals surface area (Å²) in [5.74, 6) is 0.701. The lowest BCUT2D eigenvalue weighted by Crippen LogP contribution is -2.40. The molecular weight excluding hydrogens is 266 g/mol. The zero-order chi connectivity index (χ0) is 14.7. The Morgan fingerprint density at radius 2 is 2.05 bits per heavy atom. The molecule has 3 N–H and O–H groups in total. The fourth-order valence-corrected chi connectivity index (χ4v) is 2.31. The number of hydrogen-bond acceptors (Lipinski definition) is 3. The second-order valence-corrected chi connectivity index (χ2v) is 4.80. The van der Waals surface area contributed by atoms with Crippen LogP contribution in [0.3, 0.4) is 0 Å². The molecule has 3 rings (SSSR count). The van der Waals surface area contributed by atoms with Crippen LogP contribution in [0, 0.1) is 0 Å². The van der Waals surface area contributed by atoms with E-state index in [1.165, 1.54) is 0 Å². The van der Waals surface area contributed by atoms with Crippen LogP contribution in [0.4, 0.5) is 16.2 Å². The SMILES string of the molecule is NCc1ccc2c(c1)OCCN2C(=O)Nc1ccccc1. The number of anilines is 2. The van der Waals surface area contributed by atoms with E-state index in [4.69, 9.17) is 10.5 Å². The van der Waals surface area contributed by atoms with Crippen LogP contribution in [0.25, 0.3) is 0 Å². The second-order valence-electron chi connectivity index (χ2n) is 4.80. The molecule has 0 saturated carbocycles. The number of carbonyl (C=O) groups excluding carboxylic acids is 1. The highest BCUT2D eigenvalue weighted by atomic mass is 16.5. The summed E-state index contributed by atoms with van der Waals surface area (Å²) in [5, 5.41) is 2.89. The molecule has 1 aliphatic rings. The first-order chi connectivity index (χ1) is 10.3. The molecule has 0 aromatic heterocycles. The summed E-state index contributed by atoms with van der Waals surface area (Å²) in [6.07, 6.45) is 0. The first kappa shape index (κ1) is 13.5. The van der Waals surface area contributed by atoms with E-state index in [1.807, 2.05) is 48.5 Å². The third kappa shape index (κ3) is 2.83. The summed E-state index contributed by atoms with van der Waals surface area (Å²) < 4.78 is 5.62. The third-order valence-corrected chi connectivity index (χ3v) is 3.39. The fourth-order valence-electron chi connectivity index (χ4n) is 2.31. The van der Waals surface area contributed by atoms with Crippen molar-refractivity contribution in [2.45, 2.75) is 6.54 Å². The highest BCUT2D eigenvalue weighted by Crippen LogP contribution is 2.32. The van der Waals surface area contributed by atoms with Crippen molar-refractivity contribution in [2.75, 3.05) is 23.4 Å². The molecule has 0 radical (unpaired) electrons. The highest BCUT2D eigenvalue weighted by Gasteiger charge is 2.23. The van der Waals surface area contributed by atoms with Crippen LogP contribution in [0.5, 0.6) is 5.75 Å². The van der Waals surface area contributed by atoms with Gasteiger partial charge >= 0.3 is 6.03 Å². The first-order valence-electron chi connectivity index (χ1n) is 6.87. The number of nitrogens with zero attached hydrogens (tertiary/aromatic N) is 1.